The van der Waals surface area contributed by atoms with Crippen molar-refractivity contribution < 1.29 is 9.84 Å². The van der Waals surface area contributed by atoms with Crippen LogP contribution in [0, 0.1) is 5.41 Å². The van der Waals surface area contributed by atoms with E-state index >= 15 is 0 Å². The van der Waals surface area contributed by atoms with Crippen LogP contribution in [0.5, 0.6) is 5.75 Å². The lowest BCUT2D eigenvalue weighted by molar-refractivity contribution is 0.245. The molecule has 5 heteroatoms. The second-order valence-corrected chi connectivity index (χ2v) is 7.11. The first-order valence-electron chi connectivity index (χ1n) is 7.02. The molecule has 1 fully saturated rings. The number of nitrogens with one attached hydrogen (secondary N) is 1. The number of hydrogen-bond donors (Lipinski definition) is 2. The fourth-order valence-electron chi connectivity index (χ4n) is 2.40. The van der Waals surface area contributed by atoms with E-state index in [2.05, 4.69) is 49.3 Å². The van der Waals surface area contributed by atoms with Gasteiger partial charge in [-0.3, -0.25) is 0 Å². The molecule has 0 amide bonds. The quantitative estimate of drug-likeness (QED) is 0.688. The zero-order chi connectivity index (χ0) is 14.6. The normalized spacial score (nSPS) is 16.2. The topological polar surface area (TPSA) is 41.5 Å². The molecule has 2 rings (SSSR count). The maximum atomic E-state index is 9.06. The van der Waals surface area contributed by atoms with Gasteiger partial charge in [0.25, 0.3) is 0 Å². The van der Waals surface area contributed by atoms with Crippen molar-refractivity contribution in [3.05, 3.63) is 26.6 Å². The molecule has 0 heterocycles. The van der Waals surface area contributed by atoms with Crippen molar-refractivity contribution in [2.75, 3.05) is 19.8 Å². The molecule has 0 unspecified atom stereocenters. The number of hydrogen-bond acceptors (Lipinski definition) is 3. The van der Waals surface area contributed by atoms with Crippen LogP contribution in [0.4, 0.5) is 0 Å². The minimum atomic E-state index is 0.293. The summed E-state index contributed by atoms with van der Waals surface area (Å²) in [4.78, 5) is 0. The van der Waals surface area contributed by atoms with Gasteiger partial charge >= 0.3 is 0 Å². The van der Waals surface area contributed by atoms with Gasteiger partial charge in [0.15, 0.2) is 0 Å². The molecule has 1 aliphatic rings. The summed E-state index contributed by atoms with van der Waals surface area (Å²) in [5.74, 6) is 0.857. The number of aliphatic hydroxyl groups is 1. The summed E-state index contributed by atoms with van der Waals surface area (Å²) in [5.41, 5.74) is 1.57. The Morgan fingerprint density at radius 3 is 2.45 bits per heavy atom. The van der Waals surface area contributed by atoms with Crippen LogP contribution in [0.2, 0.25) is 0 Å². The van der Waals surface area contributed by atoms with E-state index < -0.39 is 0 Å². The Balaban J connectivity index is 1.90. The van der Waals surface area contributed by atoms with Gasteiger partial charge in [-0.2, -0.15) is 0 Å². The molecule has 1 aromatic rings. The molecule has 20 heavy (non-hydrogen) atoms. The summed E-state index contributed by atoms with van der Waals surface area (Å²) < 4.78 is 7.53. The first-order valence-corrected chi connectivity index (χ1v) is 8.61. The molecule has 1 saturated carbocycles. The van der Waals surface area contributed by atoms with E-state index in [-0.39, 0.29) is 0 Å². The number of rotatable bonds is 8. The van der Waals surface area contributed by atoms with Gasteiger partial charge in [0.2, 0.25) is 0 Å². The predicted octanol–water partition coefficient (Wildman–Crippen LogP) is 3.86. The Morgan fingerprint density at radius 2 is 1.95 bits per heavy atom. The maximum Gasteiger partial charge on any atom is 0.147 e. The molecule has 3 nitrogen and oxygen atoms in total. The summed E-state index contributed by atoms with van der Waals surface area (Å²) in [6.07, 6.45) is 3.38. The monoisotopic (exact) mass is 405 g/mol. The minimum absolute atomic E-state index is 0.293. The largest absolute Gasteiger partial charge is 0.492 e. The lowest BCUT2D eigenvalue weighted by atomic mass is 10.0. The van der Waals surface area contributed by atoms with Crippen LogP contribution >= 0.6 is 31.9 Å². The van der Waals surface area contributed by atoms with Gasteiger partial charge in [-0.25, -0.2) is 0 Å². The summed E-state index contributed by atoms with van der Waals surface area (Å²) in [5, 5.41) is 12.6. The van der Waals surface area contributed by atoms with Crippen LogP contribution < -0.4 is 10.1 Å². The van der Waals surface area contributed by atoms with Crippen molar-refractivity contribution in [1.29, 1.82) is 0 Å². The zero-order valence-electron chi connectivity index (χ0n) is 11.7. The van der Waals surface area contributed by atoms with Gasteiger partial charge in [0.1, 0.15) is 5.75 Å². The van der Waals surface area contributed by atoms with Crippen LogP contribution in [0.15, 0.2) is 21.1 Å². The van der Waals surface area contributed by atoms with Gasteiger partial charge < -0.3 is 15.2 Å². The molecule has 0 saturated heterocycles. The number of ether oxygens (including phenoxy) is 1. The lowest BCUT2D eigenvalue weighted by Crippen LogP contribution is -2.24. The van der Waals surface area contributed by atoms with E-state index in [9.17, 15) is 0 Å². The fraction of sp³-hybridized carbons (Fsp3) is 0.600. The van der Waals surface area contributed by atoms with Gasteiger partial charge in [-0.1, -0.05) is 0 Å². The number of halogens is 2. The third kappa shape index (κ3) is 4.20. The van der Waals surface area contributed by atoms with Crippen molar-refractivity contribution in [1.82, 2.24) is 5.32 Å². The van der Waals surface area contributed by atoms with E-state index in [1.807, 2.05) is 6.92 Å². The van der Waals surface area contributed by atoms with Crippen LogP contribution in [0.3, 0.4) is 0 Å². The molecule has 0 radical (unpaired) electrons. The highest BCUT2D eigenvalue weighted by molar-refractivity contribution is 9.11. The van der Waals surface area contributed by atoms with Crippen molar-refractivity contribution >= 4 is 31.9 Å². The fourth-order valence-corrected chi connectivity index (χ4v) is 3.91. The highest BCUT2D eigenvalue weighted by Gasteiger charge is 2.41. The van der Waals surface area contributed by atoms with Crippen LogP contribution in [-0.4, -0.2) is 24.9 Å². The average Bonchev–Trinajstić information content (AvgIpc) is 3.14. The summed E-state index contributed by atoms with van der Waals surface area (Å²) in [6, 6.07) is 4.18. The number of aliphatic hydroxyl groups excluding tert-OH is 1. The molecule has 1 aliphatic carbocycles. The highest BCUT2D eigenvalue weighted by atomic mass is 79.9. The van der Waals surface area contributed by atoms with Gasteiger partial charge in [-0.15, -0.1) is 0 Å². The van der Waals surface area contributed by atoms with E-state index in [1.165, 1.54) is 18.4 Å². The molecule has 0 atom stereocenters. The van der Waals surface area contributed by atoms with Crippen molar-refractivity contribution in [2.24, 2.45) is 5.41 Å². The van der Waals surface area contributed by atoms with E-state index in [4.69, 9.17) is 9.84 Å². The first kappa shape index (κ1) is 16.3. The molecule has 0 bridgehead atoms. The summed E-state index contributed by atoms with van der Waals surface area (Å²) in [6.45, 7) is 4.73. The Bertz CT molecular complexity index is 438. The average molecular weight is 407 g/mol. The third-order valence-electron chi connectivity index (χ3n) is 3.78. The van der Waals surface area contributed by atoms with Crippen molar-refractivity contribution in [3.8, 4) is 5.75 Å². The second kappa shape index (κ2) is 7.25. The maximum absolute atomic E-state index is 9.06. The van der Waals surface area contributed by atoms with Crippen LogP contribution in [-0.2, 0) is 6.54 Å². The molecule has 0 spiro atoms. The Labute approximate surface area is 137 Å². The van der Waals surface area contributed by atoms with Crippen LogP contribution in [0.25, 0.3) is 0 Å². The van der Waals surface area contributed by atoms with E-state index in [0.29, 0.717) is 18.6 Å². The molecule has 2 N–H and O–H groups in total. The third-order valence-corrected chi connectivity index (χ3v) is 4.95. The first-order chi connectivity index (χ1) is 9.60. The number of benzene rings is 1. The molecule has 112 valence electrons. The SMILES string of the molecule is CCOc1c(Br)cc(CNCC2(CCO)CC2)cc1Br. The van der Waals surface area contributed by atoms with Gasteiger partial charge in [-0.05, 0) is 81.2 Å². The molecule has 1 aromatic carbocycles. The Morgan fingerprint density at radius 1 is 1.30 bits per heavy atom. The summed E-state index contributed by atoms with van der Waals surface area (Å²) >= 11 is 7.10. The Hall–Kier alpha value is -0.100. The Kier molecular flexibility index (Phi) is 5.90. The zero-order valence-corrected chi connectivity index (χ0v) is 14.9. The smallest absolute Gasteiger partial charge is 0.147 e. The van der Waals surface area contributed by atoms with Crippen LogP contribution in [0.1, 0.15) is 31.7 Å². The van der Waals surface area contributed by atoms with E-state index in [1.54, 1.807) is 0 Å². The van der Waals surface area contributed by atoms with Crippen molar-refractivity contribution in [3.63, 3.8) is 0 Å². The molecular formula is C15H21Br2NO2. The predicted molar refractivity (Wildman–Crippen MR) is 88.1 cm³/mol. The molecule has 0 aromatic heterocycles. The lowest BCUT2D eigenvalue weighted by Gasteiger charge is -2.15. The van der Waals surface area contributed by atoms with Crippen molar-refractivity contribution in [2.45, 2.75) is 32.7 Å². The van der Waals surface area contributed by atoms with Gasteiger partial charge in [0.05, 0.1) is 15.6 Å². The van der Waals surface area contributed by atoms with Gasteiger partial charge in [0, 0.05) is 19.7 Å². The minimum Gasteiger partial charge on any atom is -0.492 e. The molecular weight excluding hydrogens is 386 g/mol. The summed E-state index contributed by atoms with van der Waals surface area (Å²) in [7, 11) is 0. The highest BCUT2D eigenvalue weighted by Crippen LogP contribution is 2.48. The second-order valence-electron chi connectivity index (χ2n) is 5.40. The standard InChI is InChI=1S/C15H21Br2NO2/c1-2-20-14-12(16)7-11(8-13(14)17)9-18-10-15(3-4-15)5-6-19/h7-8,18-19H,2-6,9-10H2,1H3. The molecule has 0 aliphatic heterocycles. The van der Waals surface area contributed by atoms with E-state index in [0.717, 1.165) is 34.2 Å².